The van der Waals surface area contributed by atoms with Gasteiger partial charge in [0.15, 0.2) is 5.69 Å². The third kappa shape index (κ3) is 4.44. The first-order chi connectivity index (χ1) is 15.3. The highest BCUT2D eigenvalue weighted by Gasteiger charge is 2.35. The number of hydrogen-bond acceptors (Lipinski definition) is 4. The molecule has 0 fully saturated rings. The number of hydrogen-bond donors (Lipinski definition) is 2. The molecule has 1 aromatic heterocycles. The number of nitrogens with zero attached hydrogens (tertiary/aromatic N) is 1. The first-order valence-corrected chi connectivity index (χ1v) is 9.93. The summed E-state index contributed by atoms with van der Waals surface area (Å²) >= 11 is 0. The van der Waals surface area contributed by atoms with E-state index in [1.165, 1.54) is 24.3 Å². The van der Waals surface area contributed by atoms with E-state index in [1.807, 2.05) is 48.5 Å². The van der Waals surface area contributed by atoms with E-state index in [9.17, 15) is 18.0 Å². The molecular formula is C24H20F3N3O2. The zero-order chi connectivity index (χ0) is 22.7. The number of nitrogens with two attached hydrogens (primary N) is 1. The van der Waals surface area contributed by atoms with E-state index < -0.39 is 18.0 Å². The van der Waals surface area contributed by atoms with Crippen LogP contribution >= 0.6 is 0 Å². The number of nitrogen functional groups attached to an aromatic ring is 1. The van der Waals surface area contributed by atoms with Crippen LogP contribution in [0, 0.1) is 0 Å². The molecule has 8 heteroatoms. The maximum Gasteiger partial charge on any atom is 0.434 e. The molecule has 0 atom stereocenters. The largest absolute Gasteiger partial charge is 0.449 e. The highest BCUT2D eigenvalue weighted by atomic mass is 19.4. The Kier molecular flexibility index (Phi) is 5.85. The molecule has 5 nitrogen and oxygen atoms in total. The maximum atomic E-state index is 13.1. The Morgan fingerprint density at radius 3 is 2.28 bits per heavy atom. The smallest absolute Gasteiger partial charge is 0.434 e. The van der Waals surface area contributed by atoms with Gasteiger partial charge in [-0.05, 0) is 34.4 Å². The number of alkyl halides is 3. The van der Waals surface area contributed by atoms with E-state index in [1.54, 1.807) is 0 Å². The normalized spacial score (nSPS) is 13.1. The molecule has 4 rings (SSSR count). The fourth-order valence-electron chi connectivity index (χ4n) is 3.82. The molecule has 164 valence electrons. The Balaban J connectivity index is 1.35. The minimum Gasteiger partial charge on any atom is -0.449 e. The first-order valence-electron chi connectivity index (χ1n) is 9.93. The fourth-order valence-corrected chi connectivity index (χ4v) is 3.82. The Bertz CT molecular complexity index is 1130. The Morgan fingerprint density at radius 1 is 1.03 bits per heavy atom. The SMILES string of the molecule is Nc1ccc(C=CCNC(=O)OCC2c3ccccc3-c3ccccc32)c(C(F)(F)F)n1. The average Bonchev–Trinajstić information content (AvgIpc) is 3.09. The van der Waals surface area contributed by atoms with Crippen molar-refractivity contribution in [3.05, 3.63) is 89.1 Å². The quantitative estimate of drug-likeness (QED) is 0.570. The van der Waals surface area contributed by atoms with Gasteiger partial charge in [-0.25, -0.2) is 9.78 Å². The van der Waals surface area contributed by atoms with Crippen LogP contribution in [0.5, 0.6) is 0 Å². The minimum absolute atomic E-state index is 0.00164. The maximum absolute atomic E-state index is 13.1. The van der Waals surface area contributed by atoms with Crippen LogP contribution in [0.1, 0.15) is 28.3 Å². The Labute approximate surface area is 182 Å². The van der Waals surface area contributed by atoms with E-state index in [2.05, 4.69) is 10.3 Å². The molecule has 1 aliphatic carbocycles. The topological polar surface area (TPSA) is 77.2 Å². The number of anilines is 1. The second-order valence-electron chi connectivity index (χ2n) is 7.28. The van der Waals surface area contributed by atoms with Crippen LogP contribution in [-0.4, -0.2) is 24.2 Å². The molecule has 32 heavy (non-hydrogen) atoms. The molecule has 0 unspecified atom stereocenters. The van der Waals surface area contributed by atoms with Gasteiger partial charge in [-0.1, -0.05) is 60.7 Å². The van der Waals surface area contributed by atoms with Crippen molar-refractivity contribution in [2.45, 2.75) is 12.1 Å². The molecule has 1 aliphatic rings. The predicted molar refractivity (Wildman–Crippen MR) is 116 cm³/mol. The van der Waals surface area contributed by atoms with Crippen LogP contribution in [0.15, 0.2) is 66.7 Å². The number of ether oxygens (including phenoxy) is 1. The van der Waals surface area contributed by atoms with Crippen LogP contribution in [-0.2, 0) is 10.9 Å². The molecule has 2 aromatic carbocycles. The number of fused-ring (bicyclic) bond motifs is 3. The number of carbonyl (C=O) groups is 1. The van der Waals surface area contributed by atoms with Gasteiger partial charge in [0.2, 0.25) is 0 Å². The number of alkyl carbamates (subject to hydrolysis) is 1. The highest BCUT2D eigenvalue weighted by molar-refractivity contribution is 5.79. The molecule has 0 bridgehead atoms. The van der Waals surface area contributed by atoms with E-state index in [4.69, 9.17) is 10.5 Å². The number of benzene rings is 2. The number of halogens is 3. The van der Waals surface area contributed by atoms with Crippen LogP contribution in [0.4, 0.5) is 23.8 Å². The van der Waals surface area contributed by atoms with E-state index in [0.717, 1.165) is 22.3 Å². The molecule has 1 amide bonds. The van der Waals surface area contributed by atoms with Crippen LogP contribution in [0.25, 0.3) is 17.2 Å². The van der Waals surface area contributed by atoms with Crippen LogP contribution < -0.4 is 11.1 Å². The molecule has 1 heterocycles. The van der Waals surface area contributed by atoms with Crippen molar-refractivity contribution in [1.82, 2.24) is 10.3 Å². The number of nitrogens with one attached hydrogen (secondary N) is 1. The van der Waals surface area contributed by atoms with E-state index in [-0.39, 0.29) is 30.5 Å². The molecular weight excluding hydrogens is 419 g/mol. The lowest BCUT2D eigenvalue weighted by atomic mass is 9.98. The van der Waals surface area contributed by atoms with Crippen molar-refractivity contribution in [2.75, 3.05) is 18.9 Å². The second kappa shape index (κ2) is 8.74. The lowest BCUT2D eigenvalue weighted by Gasteiger charge is -2.14. The Morgan fingerprint density at radius 2 is 1.66 bits per heavy atom. The van der Waals surface area contributed by atoms with E-state index in [0.29, 0.717) is 0 Å². The summed E-state index contributed by atoms with van der Waals surface area (Å²) in [4.78, 5) is 15.5. The van der Waals surface area contributed by atoms with Gasteiger partial charge < -0.3 is 15.8 Å². The summed E-state index contributed by atoms with van der Waals surface area (Å²) in [5.41, 5.74) is 8.58. The van der Waals surface area contributed by atoms with Crippen molar-refractivity contribution in [3.63, 3.8) is 0 Å². The van der Waals surface area contributed by atoms with Crippen molar-refractivity contribution in [1.29, 1.82) is 0 Å². The highest BCUT2D eigenvalue weighted by Crippen LogP contribution is 2.44. The van der Waals surface area contributed by atoms with Crippen molar-refractivity contribution < 1.29 is 22.7 Å². The summed E-state index contributed by atoms with van der Waals surface area (Å²) in [5, 5.41) is 2.52. The lowest BCUT2D eigenvalue weighted by Crippen LogP contribution is -2.26. The number of rotatable bonds is 5. The molecule has 0 spiro atoms. The summed E-state index contributed by atoms with van der Waals surface area (Å²) in [6.07, 6.45) is -2.65. The van der Waals surface area contributed by atoms with Gasteiger partial charge in [-0.2, -0.15) is 13.2 Å². The summed E-state index contributed by atoms with van der Waals surface area (Å²) < 4.78 is 44.6. The average molecular weight is 439 g/mol. The Hall–Kier alpha value is -3.81. The van der Waals surface area contributed by atoms with Crippen molar-refractivity contribution in [3.8, 4) is 11.1 Å². The number of aromatic nitrogens is 1. The summed E-state index contributed by atoms with van der Waals surface area (Å²) in [6, 6.07) is 18.5. The molecule has 3 N–H and O–H groups in total. The zero-order valence-electron chi connectivity index (χ0n) is 16.9. The molecule has 0 radical (unpaired) electrons. The number of carbonyl (C=O) groups excluding carboxylic acids is 1. The molecule has 0 saturated heterocycles. The van der Waals surface area contributed by atoms with Crippen molar-refractivity contribution >= 4 is 18.0 Å². The standard InChI is InChI=1S/C24H20F3N3O2/c25-24(26,27)22-15(11-12-21(28)30-22)6-5-13-29-23(31)32-14-20-18-9-3-1-7-16(18)17-8-2-4-10-19(17)20/h1-12,20H,13-14H2,(H2,28,30)(H,29,31). The van der Waals surface area contributed by atoms with Crippen molar-refractivity contribution in [2.24, 2.45) is 0 Å². The minimum atomic E-state index is -4.63. The van der Waals surface area contributed by atoms with Gasteiger partial charge in [0.05, 0.1) is 0 Å². The van der Waals surface area contributed by atoms with Crippen LogP contribution in [0.2, 0.25) is 0 Å². The van der Waals surface area contributed by atoms with Gasteiger partial charge in [0.25, 0.3) is 0 Å². The third-order valence-electron chi connectivity index (χ3n) is 5.22. The monoisotopic (exact) mass is 439 g/mol. The molecule has 0 saturated carbocycles. The lowest BCUT2D eigenvalue weighted by molar-refractivity contribution is -0.141. The molecule has 0 aliphatic heterocycles. The summed E-state index contributed by atoms with van der Waals surface area (Å²) in [6.45, 7) is 0.155. The number of pyridine rings is 1. The van der Waals surface area contributed by atoms with Crippen LogP contribution in [0.3, 0.4) is 0 Å². The third-order valence-corrected chi connectivity index (χ3v) is 5.22. The van der Waals surface area contributed by atoms with Gasteiger partial charge in [0.1, 0.15) is 12.4 Å². The van der Waals surface area contributed by atoms with E-state index >= 15 is 0 Å². The first kappa shape index (κ1) is 21.4. The predicted octanol–water partition coefficient (Wildman–Crippen LogP) is 5.23. The fraction of sp³-hybridized carbons (Fsp3) is 0.167. The summed E-state index contributed by atoms with van der Waals surface area (Å²) in [7, 11) is 0. The molecule has 3 aromatic rings. The zero-order valence-corrected chi connectivity index (χ0v) is 16.9. The summed E-state index contributed by atoms with van der Waals surface area (Å²) in [5.74, 6) is -0.287. The van der Waals surface area contributed by atoms with Gasteiger partial charge in [-0.3, -0.25) is 0 Å². The van der Waals surface area contributed by atoms with Gasteiger partial charge in [0, 0.05) is 18.0 Å². The van der Waals surface area contributed by atoms with Gasteiger partial charge >= 0.3 is 12.3 Å². The number of amides is 1. The van der Waals surface area contributed by atoms with Gasteiger partial charge in [-0.15, -0.1) is 0 Å². The second-order valence-corrected chi connectivity index (χ2v) is 7.28.